The maximum Gasteiger partial charge on any atom is 0.262 e. The Morgan fingerprint density at radius 1 is 0.375 bits per heavy atom. The predicted octanol–water partition coefficient (Wildman–Crippen LogP) is 9.43. The van der Waals surface area contributed by atoms with Gasteiger partial charge in [-0.3, -0.25) is 28.3 Å². The normalized spacial score (nSPS) is 13.1. The number of aromatic nitrogens is 2. The first kappa shape index (κ1) is 29.3. The summed E-state index contributed by atoms with van der Waals surface area (Å²) in [5.41, 5.74) is -0.823. The first-order valence-corrected chi connectivity index (χ1v) is 17.8. The Balaban J connectivity index is 1.56. The first-order chi connectivity index (χ1) is 23.4. The van der Waals surface area contributed by atoms with Crippen molar-refractivity contribution in [1.29, 1.82) is 0 Å². The van der Waals surface area contributed by atoms with E-state index in [1.165, 1.54) is 0 Å². The second-order valence-corrected chi connectivity index (χ2v) is 14.1. The van der Waals surface area contributed by atoms with Crippen LogP contribution in [0.2, 0.25) is 0 Å². The molecule has 0 N–H and O–H groups in total. The molecule has 0 aliphatic rings. The predicted molar refractivity (Wildman–Crippen MR) is 201 cm³/mol. The summed E-state index contributed by atoms with van der Waals surface area (Å²) in [4.78, 5) is 57.8. The highest BCUT2D eigenvalue weighted by molar-refractivity contribution is 6.50. The molecule has 7 aromatic carbocycles. The first-order valence-electron chi connectivity index (χ1n) is 17.8. The number of nitrogens with zero attached hydrogens (tertiary/aromatic N) is 2. The summed E-state index contributed by atoms with van der Waals surface area (Å²) in [5.74, 6) is 0. The van der Waals surface area contributed by atoms with Crippen LogP contribution < -0.4 is 22.2 Å². The van der Waals surface area contributed by atoms with Crippen LogP contribution in [0.25, 0.3) is 86.2 Å². The van der Waals surface area contributed by atoms with Gasteiger partial charge in [0, 0.05) is 12.1 Å². The molecule has 0 fully saturated rings. The van der Waals surface area contributed by atoms with Crippen LogP contribution in [0.1, 0.15) is 91.1 Å². The highest BCUT2D eigenvalue weighted by Crippen LogP contribution is 2.51. The van der Waals surface area contributed by atoms with Crippen molar-refractivity contribution in [2.75, 3.05) is 0 Å². The second kappa shape index (κ2) is 10.3. The van der Waals surface area contributed by atoms with Crippen LogP contribution in [-0.2, 0) is 0 Å². The van der Waals surface area contributed by atoms with Crippen LogP contribution in [0, 0.1) is 0 Å². The highest BCUT2D eigenvalue weighted by Gasteiger charge is 2.31. The van der Waals surface area contributed by atoms with Gasteiger partial charge in [0.25, 0.3) is 22.2 Å². The average molecular weight is 635 g/mol. The quantitative estimate of drug-likeness (QED) is 0.111. The molecule has 0 radical (unpaired) electrons. The summed E-state index contributed by atoms with van der Waals surface area (Å²) in [6, 6.07) is 15.9. The van der Waals surface area contributed by atoms with Gasteiger partial charge in [0.2, 0.25) is 0 Å². The molecule has 0 amide bonds. The van der Waals surface area contributed by atoms with Gasteiger partial charge < -0.3 is 0 Å². The Bertz CT molecular complexity index is 2550. The topological polar surface area (TPSA) is 78.1 Å². The van der Waals surface area contributed by atoms with E-state index in [1.807, 2.05) is 48.5 Å². The lowest BCUT2D eigenvalue weighted by molar-refractivity contribution is 0.413. The Kier molecular flexibility index (Phi) is 6.31. The third-order valence-electron chi connectivity index (χ3n) is 11.4. The molecule has 0 saturated heterocycles. The molecule has 0 saturated carbocycles. The SMILES string of the molecule is CCCC(CCC)n1c(=O)c2c3ccc4ccc5c6c(=O)n(C(CCC)CCC)c(=O)c6c6ccc7ccc(c2c1=O)c1c7c6c5c4c31. The van der Waals surface area contributed by atoms with Gasteiger partial charge >= 0.3 is 0 Å². The maximum atomic E-state index is 14.4. The second-order valence-electron chi connectivity index (χ2n) is 14.1. The number of benzene rings is 7. The Labute approximate surface area is 275 Å². The van der Waals surface area contributed by atoms with Gasteiger partial charge in [-0.05, 0) is 90.3 Å². The van der Waals surface area contributed by atoms with Crippen LogP contribution >= 0.6 is 0 Å². The molecule has 0 atom stereocenters. The lowest BCUT2D eigenvalue weighted by Gasteiger charge is -2.21. The van der Waals surface area contributed by atoms with E-state index >= 15 is 0 Å². The van der Waals surface area contributed by atoms with E-state index in [0.29, 0.717) is 21.5 Å². The molecule has 9 aromatic rings. The van der Waals surface area contributed by atoms with E-state index in [9.17, 15) is 19.2 Å². The fourth-order valence-electron chi connectivity index (χ4n) is 9.60. The molecule has 6 heteroatoms. The van der Waals surface area contributed by atoms with Crippen LogP contribution in [0.5, 0.6) is 0 Å². The van der Waals surface area contributed by atoms with Crippen LogP contribution in [0.4, 0.5) is 0 Å². The van der Waals surface area contributed by atoms with Gasteiger partial charge in [0.15, 0.2) is 0 Å². The smallest absolute Gasteiger partial charge is 0.262 e. The zero-order chi connectivity index (χ0) is 33.2. The van der Waals surface area contributed by atoms with E-state index < -0.39 is 0 Å². The van der Waals surface area contributed by atoms with E-state index in [-0.39, 0.29) is 34.3 Å². The van der Waals surface area contributed by atoms with Crippen molar-refractivity contribution in [3.63, 3.8) is 0 Å². The molecule has 9 rings (SSSR count). The van der Waals surface area contributed by atoms with Crippen molar-refractivity contribution in [2.24, 2.45) is 0 Å². The zero-order valence-corrected chi connectivity index (χ0v) is 28.0. The number of rotatable bonds is 10. The van der Waals surface area contributed by atoms with Crippen molar-refractivity contribution in [3.05, 3.63) is 89.9 Å². The lowest BCUT2D eigenvalue weighted by atomic mass is 9.80. The lowest BCUT2D eigenvalue weighted by Crippen LogP contribution is -2.30. The molecule has 0 aliphatic heterocycles. The molecule has 0 bridgehead atoms. The van der Waals surface area contributed by atoms with Gasteiger partial charge in [-0.1, -0.05) is 102 Å². The summed E-state index contributed by atoms with van der Waals surface area (Å²) >= 11 is 0. The molecule has 240 valence electrons. The Hall–Kier alpha value is -4.84. The van der Waals surface area contributed by atoms with Gasteiger partial charge in [-0.15, -0.1) is 0 Å². The van der Waals surface area contributed by atoms with Gasteiger partial charge in [-0.2, -0.15) is 0 Å². The minimum Gasteiger partial charge on any atom is -0.271 e. The van der Waals surface area contributed by atoms with E-state index in [0.717, 1.165) is 116 Å². The Morgan fingerprint density at radius 3 is 0.854 bits per heavy atom. The summed E-state index contributed by atoms with van der Waals surface area (Å²) in [6.07, 6.45) is 6.64. The number of fused-ring (bicyclic) bond motifs is 6. The van der Waals surface area contributed by atoms with E-state index in [1.54, 1.807) is 9.13 Å². The molecule has 0 aliphatic carbocycles. The summed E-state index contributed by atoms with van der Waals surface area (Å²) in [7, 11) is 0. The monoisotopic (exact) mass is 634 g/mol. The van der Waals surface area contributed by atoms with Crippen molar-refractivity contribution in [1.82, 2.24) is 9.13 Å². The van der Waals surface area contributed by atoms with Gasteiger partial charge in [0.1, 0.15) is 0 Å². The van der Waals surface area contributed by atoms with E-state index in [2.05, 4.69) is 27.7 Å². The van der Waals surface area contributed by atoms with Gasteiger partial charge in [0.05, 0.1) is 21.5 Å². The van der Waals surface area contributed by atoms with Crippen molar-refractivity contribution >= 4 is 86.2 Å². The fourth-order valence-corrected chi connectivity index (χ4v) is 9.60. The molecule has 2 heterocycles. The van der Waals surface area contributed by atoms with Gasteiger partial charge in [-0.25, -0.2) is 0 Å². The standard InChI is InChI=1S/C42H38N2O4/c1-5-9-23(10-6-2)43-39(45)35-25-17-13-21-15-19-27-33-29(21)31(25)32-26(36(35)40(43)46)18-14-22-16-20-28(34(33)30(22)32)38-37(27)41(47)44(42(38)48)24(11-7-3)12-8-4/h13-20,23-24H,5-12H2,1-4H3. The third kappa shape index (κ3) is 3.43. The van der Waals surface area contributed by atoms with Crippen LogP contribution in [0.3, 0.4) is 0 Å². The molecule has 0 unspecified atom stereocenters. The molecule has 0 spiro atoms. The summed E-state index contributed by atoms with van der Waals surface area (Å²) in [6.45, 7) is 8.39. The van der Waals surface area contributed by atoms with Crippen molar-refractivity contribution in [2.45, 2.75) is 91.1 Å². The molecule has 6 nitrogen and oxygen atoms in total. The molecule has 48 heavy (non-hydrogen) atoms. The zero-order valence-electron chi connectivity index (χ0n) is 28.0. The maximum absolute atomic E-state index is 14.4. The highest BCUT2D eigenvalue weighted by atomic mass is 16.2. The number of hydrogen-bond donors (Lipinski definition) is 0. The summed E-state index contributed by atoms with van der Waals surface area (Å²) < 4.78 is 3.08. The molecular weight excluding hydrogens is 596 g/mol. The minimum absolute atomic E-state index is 0.147. The molecule has 2 aromatic heterocycles. The van der Waals surface area contributed by atoms with Crippen LogP contribution in [-0.4, -0.2) is 9.13 Å². The largest absolute Gasteiger partial charge is 0.271 e. The molecular formula is C42H38N2O4. The van der Waals surface area contributed by atoms with E-state index in [4.69, 9.17) is 0 Å². The third-order valence-corrected chi connectivity index (χ3v) is 11.4. The van der Waals surface area contributed by atoms with Crippen molar-refractivity contribution < 1.29 is 0 Å². The van der Waals surface area contributed by atoms with Crippen molar-refractivity contribution in [3.8, 4) is 0 Å². The average Bonchev–Trinajstić information content (AvgIpc) is 3.51. The van der Waals surface area contributed by atoms with Crippen LogP contribution in [0.15, 0.2) is 67.7 Å². The number of hydrogen-bond acceptors (Lipinski definition) is 4. The minimum atomic E-state index is -0.206. The Morgan fingerprint density at radius 2 is 0.625 bits per heavy atom. The fraction of sp³-hybridized carbons (Fsp3) is 0.333. The summed E-state index contributed by atoms with van der Waals surface area (Å²) in [5, 5.41) is 13.0.